The van der Waals surface area contributed by atoms with E-state index >= 15 is 0 Å². The van der Waals surface area contributed by atoms with Gasteiger partial charge in [-0.3, -0.25) is 0 Å². The molecular formula is C11H19N3O3S. The molecule has 0 bridgehead atoms. The van der Waals surface area contributed by atoms with Gasteiger partial charge in [0, 0.05) is 38.1 Å². The Balaban J connectivity index is 1.90. The van der Waals surface area contributed by atoms with Crippen molar-refractivity contribution in [3.05, 3.63) is 18.0 Å². The summed E-state index contributed by atoms with van der Waals surface area (Å²) < 4.78 is 31.0. The lowest BCUT2D eigenvalue weighted by Crippen LogP contribution is -2.26. The average molecular weight is 273 g/mol. The summed E-state index contributed by atoms with van der Waals surface area (Å²) in [5.74, 6) is 0. The molecule has 1 aliphatic carbocycles. The molecule has 7 heteroatoms. The molecule has 1 fully saturated rings. The van der Waals surface area contributed by atoms with Gasteiger partial charge in [-0.15, -0.1) is 0 Å². The molecule has 0 amide bonds. The minimum absolute atomic E-state index is 0.270. The topological polar surface area (TPSA) is 83.2 Å². The second-order valence-corrected chi connectivity index (χ2v) is 6.17. The lowest BCUT2D eigenvalue weighted by Gasteiger charge is -2.03. The molecule has 1 aliphatic rings. The molecule has 0 aliphatic heterocycles. The van der Waals surface area contributed by atoms with Gasteiger partial charge in [-0.05, 0) is 18.9 Å². The highest BCUT2D eigenvalue weighted by Crippen LogP contribution is 2.19. The van der Waals surface area contributed by atoms with Gasteiger partial charge >= 0.3 is 0 Å². The summed E-state index contributed by atoms with van der Waals surface area (Å²) in [5, 5.41) is 3.32. The van der Waals surface area contributed by atoms with Crippen LogP contribution in [0.5, 0.6) is 0 Å². The van der Waals surface area contributed by atoms with E-state index in [9.17, 15) is 8.42 Å². The highest BCUT2D eigenvalue weighted by atomic mass is 32.2. The van der Waals surface area contributed by atoms with E-state index in [1.165, 1.54) is 26.1 Å². The molecule has 0 atom stereocenters. The smallest absolute Gasteiger partial charge is 0.242 e. The van der Waals surface area contributed by atoms with Gasteiger partial charge < -0.3 is 15.0 Å². The van der Waals surface area contributed by atoms with Crippen LogP contribution in [0.15, 0.2) is 17.2 Å². The van der Waals surface area contributed by atoms with Crippen molar-refractivity contribution in [1.82, 2.24) is 15.0 Å². The molecule has 1 saturated carbocycles. The Morgan fingerprint density at radius 3 is 2.94 bits per heavy atom. The number of hydrogen-bond acceptors (Lipinski definition) is 4. The van der Waals surface area contributed by atoms with E-state index in [1.54, 1.807) is 6.07 Å². The van der Waals surface area contributed by atoms with Crippen LogP contribution in [0.3, 0.4) is 0 Å². The number of aromatic nitrogens is 1. The SMILES string of the molecule is COCCNS(=O)(=O)c1c[nH]c(CNC2CC2)c1. The molecule has 1 aromatic heterocycles. The molecule has 0 spiro atoms. The van der Waals surface area contributed by atoms with Crippen molar-refractivity contribution in [3.8, 4) is 0 Å². The Hall–Kier alpha value is -0.890. The second-order valence-electron chi connectivity index (χ2n) is 4.41. The molecule has 0 unspecified atom stereocenters. The van der Waals surface area contributed by atoms with Crippen LogP contribution in [0.2, 0.25) is 0 Å². The van der Waals surface area contributed by atoms with E-state index in [4.69, 9.17) is 4.74 Å². The summed E-state index contributed by atoms with van der Waals surface area (Å²) in [5.41, 5.74) is 0.883. The zero-order valence-electron chi connectivity index (χ0n) is 10.4. The molecule has 0 saturated heterocycles. The first-order chi connectivity index (χ1) is 8.62. The van der Waals surface area contributed by atoms with Gasteiger partial charge in [0.25, 0.3) is 0 Å². The van der Waals surface area contributed by atoms with Crippen molar-refractivity contribution < 1.29 is 13.2 Å². The first-order valence-corrected chi connectivity index (χ1v) is 7.49. The number of ether oxygens (including phenoxy) is 1. The van der Waals surface area contributed by atoms with Crippen LogP contribution in [-0.2, 0) is 21.3 Å². The highest BCUT2D eigenvalue weighted by molar-refractivity contribution is 7.89. The van der Waals surface area contributed by atoms with Crippen molar-refractivity contribution in [1.29, 1.82) is 0 Å². The number of aromatic amines is 1. The second kappa shape index (κ2) is 5.83. The summed E-state index contributed by atoms with van der Waals surface area (Å²) in [6.45, 7) is 1.32. The van der Waals surface area contributed by atoms with Gasteiger partial charge in [0.2, 0.25) is 10.0 Å². The number of sulfonamides is 1. The fourth-order valence-electron chi connectivity index (χ4n) is 1.58. The first-order valence-electron chi connectivity index (χ1n) is 6.01. The Morgan fingerprint density at radius 1 is 1.50 bits per heavy atom. The summed E-state index contributed by atoms with van der Waals surface area (Å²) in [7, 11) is -1.89. The molecule has 3 N–H and O–H groups in total. The number of rotatable bonds is 8. The van der Waals surface area contributed by atoms with Crippen molar-refractivity contribution in [3.63, 3.8) is 0 Å². The fourth-order valence-corrected chi connectivity index (χ4v) is 2.61. The van der Waals surface area contributed by atoms with Crippen LogP contribution in [0, 0.1) is 0 Å². The number of nitrogens with one attached hydrogen (secondary N) is 3. The molecule has 2 rings (SSSR count). The Bertz CT molecular complexity index is 479. The van der Waals surface area contributed by atoms with Crippen LogP contribution in [0.1, 0.15) is 18.5 Å². The number of H-pyrrole nitrogens is 1. The summed E-state index contributed by atoms with van der Waals surface area (Å²) in [6.07, 6.45) is 3.94. The summed E-state index contributed by atoms with van der Waals surface area (Å²) in [4.78, 5) is 3.24. The van der Waals surface area contributed by atoms with Crippen LogP contribution < -0.4 is 10.0 Å². The predicted molar refractivity (Wildman–Crippen MR) is 67.7 cm³/mol. The molecule has 0 radical (unpaired) electrons. The fraction of sp³-hybridized carbons (Fsp3) is 0.636. The maximum absolute atomic E-state index is 11.9. The maximum atomic E-state index is 11.9. The molecule has 18 heavy (non-hydrogen) atoms. The molecule has 6 nitrogen and oxygen atoms in total. The van der Waals surface area contributed by atoms with Gasteiger partial charge in [0.05, 0.1) is 11.5 Å². The highest BCUT2D eigenvalue weighted by Gasteiger charge is 2.21. The maximum Gasteiger partial charge on any atom is 0.242 e. The van der Waals surface area contributed by atoms with E-state index in [-0.39, 0.29) is 11.4 Å². The van der Waals surface area contributed by atoms with Gasteiger partial charge in [-0.1, -0.05) is 0 Å². The largest absolute Gasteiger partial charge is 0.383 e. The minimum atomic E-state index is -3.42. The third kappa shape index (κ3) is 3.81. The monoisotopic (exact) mass is 273 g/mol. The summed E-state index contributed by atoms with van der Waals surface area (Å²) >= 11 is 0. The van der Waals surface area contributed by atoms with E-state index in [2.05, 4.69) is 15.0 Å². The van der Waals surface area contributed by atoms with E-state index in [1.807, 2.05) is 0 Å². The lowest BCUT2D eigenvalue weighted by atomic mass is 10.4. The van der Waals surface area contributed by atoms with Gasteiger partial charge in [0.15, 0.2) is 0 Å². The Kier molecular flexibility index (Phi) is 4.39. The Morgan fingerprint density at radius 2 is 2.28 bits per heavy atom. The van der Waals surface area contributed by atoms with Crippen molar-refractivity contribution >= 4 is 10.0 Å². The van der Waals surface area contributed by atoms with Gasteiger partial charge in [-0.25, -0.2) is 13.1 Å². The standard InChI is InChI=1S/C11H19N3O3S/c1-17-5-4-14-18(15,16)11-6-10(13-8-11)7-12-9-2-3-9/h6,8-9,12-14H,2-5,7H2,1H3. The van der Waals surface area contributed by atoms with Crippen molar-refractivity contribution in [2.75, 3.05) is 20.3 Å². The zero-order chi connectivity index (χ0) is 13.0. The normalized spacial score (nSPS) is 16.1. The van der Waals surface area contributed by atoms with Gasteiger partial charge in [0.1, 0.15) is 0 Å². The van der Waals surface area contributed by atoms with Crippen molar-refractivity contribution in [2.24, 2.45) is 0 Å². The molecular weight excluding hydrogens is 254 g/mol. The molecule has 1 aromatic rings. The molecule has 102 valence electrons. The number of methoxy groups -OCH3 is 1. The molecule has 1 heterocycles. The van der Waals surface area contributed by atoms with E-state index in [0.29, 0.717) is 19.2 Å². The van der Waals surface area contributed by atoms with E-state index in [0.717, 1.165) is 5.69 Å². The van der Waals surface area contributed by atoms with Crippen LogP contribution >= 0.6 is 0 Å². The van der Waals surface area contributed by atoms with Crippen LogP contribution in [0.25, 0.3) is 0 Å². The third-order valence-corrected chi connectivity index (χ3v) is 4.22. The molecule has 0 aromatic carbocycles. The van der Waals surface area contributed by atoms with Crippen molar-refractivity contribution in [2.45, 2.75) is 30.3 Å². The zero-order valence-corrected chi connectivity index (χ0v) is 11.2. The Labute approximate surface area is 107 Å². The summed E-state index contributed by atoms with van der Waals surface area (Å²) in [6, 6.07) is 2.26. The quantitative estimate of drug-likeness (QED) is 0.591. The predicted octanol–water partition coefficient (Wildman–Crippen LogP) is 0.191. The minimum Gasteiger partial charge on any atom is -0.383 e. The van der Waals surface area contributed by atoms with Crippen LogP contribution in [-0.4, -0.2) is 39.7 Å². The third-order valence-electron chi connectivity index (χ3n) is 2.78. The van der Waals surface area contributed by atoms with Gasteiger partial charge in [-0.2, -0.15) is 0 Å². The average Bonchev–Trinajstić information content (AvgIpc) is 3.03. The lowest BCUT2D eigenvalue weighted by molar-refractivity contribution is 0.204. The number of hydrogen-bond donors (Lipinski definition) is 3. The van der Waals surface area contributed by atoms with E-state index < -0.39 is 10.0 Å². The van der Waals surface area contributed by atoms with Crippen LogP contribution in [0.4, 0.5) is 0 Å². The first kappa shape index (κ1) is 13.5.